The van der Waals surface area contributed by atoms with Crippen molar-refractivity contribution in [3.63, 3.8) is 0 Å². The van der Waals surface area contributed by atoms with Gasteiger partial charge in [0.1, 0.15) is 11.2 Å². The van der Waals surface area contributed by atoms with E-state index in [1.807, 2.05) is 30.3 Å². The molecular weight excluding hydrogens is 386 g/mol. The molecule has 2 atom stereocenters. The summed E-state index contributed by atoms with van der Waals surface area (Å²) >= 11 is 0. The highest BCUT2D eigenvalue weighted by molar-refractivity contribution is 6.21. The third-order valence-corrected chi connectivity index (χ3v) is 5.23. The van der Waals surface area contributed by atoms with Crippen molar-refractivity contribution < 1.29 is 29.0 Å². The van der Waals surface area contributed by atoms with Gasteiger partial charge in [-0.25, -0.2) is 9.59 Å². The first-order valence-corrected chi connectivity index (χ1v) is 10.4. The molecule has 30 heavy (non-hydrogen) atoms. The number of ketones is 1. The predicted octanol–water partition coefficient (Wildman–Crippen LogP) is 3.72. The topological polar surface area (TPSA) is 93.1 Å². The lowest BCUT2D eigenvalue weighted by Gasteiger charge is -2.35. The number of Topliss-reactive ketones (excluding diaryl/α,β-unsaturated/α-hetero) is 1. The van der Waals surface area contributed by atoms with Crippen LogP contribution in [-0.2, 0) is 25.5 Å². The lowest BCUT2D eigenvalue weighted by Crippen LogP contribution is -2.50. The first kappa shape index (κ1) is 21.9. The molecule has 1 unspecified atom stereocenters. The number of hydrogen-bond acceptors (Lipinski definition) is 6. The van der Waals surface area contributed by atoms with E-state index in [0.717, 1.165) is 18.4 Å². The van der Waals surface area contributed by atoms with Crippen molar-refractivity contribution in [2.24, 2.45) is 0 Å². The molecule has 1 saturated heterocycles. The van der Waals surface area contributed by atoms with Crippen molar-refractivity contribution in [2.45, 2.75) is 70.6 Å². The summed E-state index contributed by atoms with van der Waals surface area (Å²) in [4.78, 5) is 39.5. The number of aliphatic hydroxyl groups excluding tert-OH is 1. The first-order valence-electron chi connectivity index (χ1n) is 10.4. The number of hydrogen-bond donors (Lipinski definition) is 1. The van der Waals surface area contributed by atoms with Crippen LogP contribution in [0.5, 0.6) is 0 Å². The Labute approximate surface area is 176 Å². The first-order chi connectivity index (χ1) is 14.2. The monoisotopic (exact) mass is 415 g/mol. The number of piperidine rings is 1. The number of esters is 1. The summed E-state index contributed by atoms with van der Waals surface area (Å²) in [5.74, 6) is -1.74. The van der Waals surface area contributed by atoms with Gasteiger partial charge in [-0.05, 0) is 58.4 Å². The number of rotatable bonds is 5. The van der Waals surface area contributed by atoms with E-state index < -0.39 is 35.6 Å². The molecule has 2 heterocycles. The molecule has 162 valence electrons. The molecular formula is C23H29NO6. The Balaban J connectivity index is 1.74. The zero-order valence-electron chi connectivity index (χ0n) is 17.7. The zero-order valence-corrected chi connectivity index (χ0v) is 17.7. The number of ether oxygens (including phenoxy) is 2. The molecule has 0 bridgehead atoms. The Morgan fingerprint density at radius 1 is 1.20 bits per heavy atom. The normalized spacial score (nSPS) is 22.1. The summed E-state index contributed by atoms with van der Waals surface area (Å²) < 4.78 is 10.7. The smallest absolute Gasteiger partial charge is 0.410 e. The van der Waals surface area contributed by atoms with Crippen molar-refractivity contribution >= 4 is 17.8 Å². The number of likely N-dealkylation sites (tertiary alicyclic amines) is 1. The summed E-state index contributed by atoms with van der Waals surface area (Å²) in [5, 5.41) is 10.6. The summed E-state index contributed by atoms with van der Waals surface area (Å²) in [6.07, 6.45) is 1.44. The maximum absolute atomic E-state index is 13.2. The van der Waals surface area contributed by atoms with Crippen LogP contribution < -0.4 is 0 Å². The van der Waals surface area contributed by atoms with Gasteiger partial charge >= 0.3 is 12.1 Å². The molecule has 0 radical (unpaired) electrons. The van der Waals surface area contributed by atoms with Gasteiger partial charge in [-0.3, -0.25) is 9.69 Å². The molecule has 1 N–H and O–H groups in total. The molecule has 1 fully saturated rings. The molecule has 2 aliphatic heterocycles. The summed E-state index contributed by atoms with van der Waals surface area (Å²) in [6, 6.07) is 8.79. The van der Waals surface area contributed by atoms with Crippen molar-refractivity contribution in [1.82, 2.24) is 4.90 Å². The number of benzene rings is 1. The average molecular weight is 415 g/mol. The highest BCUT2D eigenvalue weighted by Crippen LogP contribution is 2.30. The molecule has 0 aromatic heterocycles. The number of aryl methyl sites for hydroxylation is 1. The largest absolute Gasteiger partial charge is 0.507 e. The number of nitrogens with zero attached hydrogens (tertiary/aromatic N) is 1. The summed E-state index contributed by atoms with van der Waals surface area (Å²) in [6.45, 7) is 5.63. The Morgan fingerprint density at radius 2 is 1.90 bits per heavy atom. The van der Waals surface area contributed by atoms with Gasteiger partial charge in [-0.2, -0.15) is 0 Å². The van der Waals surface area contributed by atoms with Crippen LogP contribution >= 0.6 is 0 Å². The minimum absolute atomic E-state index is 0.337. The summed E-state index contributed by atoms with van der Waals surface area (Å²) in [5.41, 5.74) is 0.0104. The Bertz CT molecular complexity index is 839. The van der Waals surface area contributed by atoms with Crippen molar-refractivity contribution in [3.8, 4) is 0 Å². The molecule has 0 spiro atoms. The van der Waals surface area contributed by atoms with Gasteiger partial charge in [0.05, 0.1) is 6.04 Å². The van der Waals surface area contributed by atoms with E-state index in [4.69, 9.17) is 9.47 Å². The average Bonchev–Trinajstić information content (AvgIpc) is 2.98. The quantitative estimate of drug-likeness (QED) is 0.582. The van der Waals surface area contributed by atoms with E-state index in [9.17, 15) is 19.5 Å². The van der Waals surface area contributed by atoms with Crippen LogP contribution in [0.4, 0.5) is 4.79 Å². The zero-order chi connectivity index (χ0) is 21.9. The summed E-state index contributed by atoms with van der Waals surface area (Å²) in [7, 11) is 0. The molecule has 7 heteroatoms. The van der Waals surface area contributed by atoms with Crippen molar-refractivity contribution in [1.29, 1.82) is 0 Å². The third-order valence-electron chi connectivity index (χ3n) is 5.23. The Hall–Kier alpha value is -2.83. The van der Waals surface area contributed by atoms with Crippen LogP contribution in [0.1, 0.15) is 52.0 Å². The fourth-order valence-electron chi connectivity index (χ4n) is 3.78. The fourth-order valence-corrected chi connectivity index (χ4v) is 3.78. The molecule has 3 rings (SSSR count). The molecule has 0 saturated carbocycles. The lowest BCUT2D eigenvalue weighted by molar-refractivity contribution is -0.142. The van der Waals surface area contributed by atoms with E-state index in [1.54, 1.807) is 20.8 Å². The number of aliphatic hydroxyl groups is 1. The number of carbonyl (C=O) groups is 3. The number of amides is 1. The number of carbonyl (C=O) groups excluding carboxylic acids is 3. The lowest BCUT2D eigenvalue weighted by atomic mass is 9.93. The van der Waals surface area contributed by atoms with Crippen molar-refractivity contribution in [3.05, 3.63) is 47.2 Å². The highest BCUT2D eigenvalue weighted by atomic mass is 16.6. The van der Waals surface area contributed by atoms with Gasteiger partial charge in [0.25, 0.3) is 0 Å². The standard InChI is InChI=1S/C23H29NO6/c1-23(2,3)30-22(28)24-14-8-7-11-16(24)19(25)18-20(26)17(29-21(18)27)13-12-15-9-5-4-6-10-15/h4-6,9-10,16-17,26H,7-8,11-14H2,1-3H3/t16-,17?/m0/s1. The van der Waals surface area contributed by atoms with E-state index in [2.05, 4.69) is 0 Å². The van der Waals surface area contributed by atoms with Gasteiger partial charge in [-0.1, -0.05) is 30.3 Å². The highest BCUT2D eigenvalue weighted by Gasteiger charge is 2.44. The maximum Gasteiger partial charge on any atom is 0.410 e. The molecule has 7 nitrogen and oxygen atoms in total. The second kappa shape index (κ2) is 8.90. The second-order valence-electron chi connectivity index (χ2n) is 8.73. The molecule has 2 aliphatic rings. The van der Waals surface area contributed by atoms with Crippen LogP contribution in [0.25, 0.3) is 0 Å². The fraction of sp³-hybridized carbons (Fsp3) is 0.522. The van der Waals surface area contributed by atoms with E-state index in [-0.39, 0.29) is 11.3 Å². The maximum atomic E-state index is 13.2. The minimum atomic E-state index is -0.852. The SMILES string of the molecule is CC(C)(C)OC(=O)N1CCCC[C@H]1C(=O)C1=C(O)C(CCc2ccccc2)OC1=O. The second-order valence-corrected chi connectivity index (χ2v) is 8.73. The van der Waals surface area contributed by atoms with Gasteiger partial charge in [-0.15, -0.1) is 0 Å². The van der Waals surface area contributed by atoms with Crippen LogP contribution in [-0.4, -0.2) is 52.1 Å². The van der Waals surface area contributed by atoms with Gasteiger partial charge < -0.3 is 14.6 Å². The van der Waals surface area contributed by atoms with E-state index in [0.29, 0.717) is 25.8 Å². The van der Waals surface area contributed by atoms with Crippen LogP contribution in [0.2, 0.25) is 0 Å². The van der Waals surface area contributed by atoms with Crippen LogP contribution in [0.3, 0.4) is 0 Å². The number of cyclic esters (lactones) is 1. The Morgan fingerprint density at radius 3 is 2.57 bits per heavy atom. The molecule has 1 aromatic carbocycles. The third kappa shape index (κ3) is 5.01. The molecule has 0 aliphatic carbocycles. The van der Waals surface area contributed by atoms with E-state index >= 15 is 0 Å². The Kier molecular flexibility index (Phi) is 6.48. The van der Waals surface area contributed by atoms with Crippen molar-refractivity contribution in [2.75, 3.05) is 6.54 Å². The van der Waals surface area contributed by atoms with Crippen LogP contribution in [0, 0.1) is 0 Å². The predicted molar refractivity (Wildman–Crippen MR) is 110 cm³/mol. The molecule has 1 amide bonds. The van der Waals surface area contributed by atoms with Gasteiger partial charge in [0.15, 0.2) is 17.6 Å². The van der Waals surface area contributed by atoms with Gasteiger partial charge in [0, 0.05) is 6.54 Å². The van der Waals surface area contributed by atoms with Gasteiger partial charge in [0.2, 0.25) is 0 Å². The minimum Gasteiger partial charge on any atom is -0.507 e. The van der Waals surface area contributed by atoms with E-state index in [1.165, 1.54) is 4.90 Å². The van der Waals surface area contributed by atoms with Crippen LogP contribution in [0.15, 0.2) is 41.7 Å². The molecule has 1 aromatic rings.